The van der Waals surface area contributed by atoms with Gasteiger partial charge in [0.25, 0.3) is 0 Å². The van der Waals surface area contributed by atoms with Gasteiger partial charge in [0, 0.05) is 11.5 Å². The Bertz CT molecular complexity index is 621. The first kappa shape index (κ1) is 17.2. The van der Waals surface area contributed by atoms with Crippen molar-refractivity contribution in [2.45, 2.75) is 51.1 Å². The minimum atomic E-state index is -2.10. The number of unbranched alkanes of at least 4 members (excludes halogenated alkanes) is 1. The lowest BCUT2D eigenvalue weighted by Crippen LogP contribution is -2.61. The molecule has 1 fully saturated rings. The maximum Gasteiger partial charge on any atom is 0.137 e. The van der Waals surface area contributed by atoms with Crippen LogP contribution in [0.1, 0.15) is 39.0 Å². The fraction of sp³-hybridized carbons (Fsp3) is 0.409. The van der Waals surface area contributed by atoms with Gasteiger partial charge in [-0.15, -0.1) is 0 Å². The second kappa shape index (κ2) is 7.48. The molecule has 2 heteroatoms. The highest BCUT2D eigenvalue weighted by atomic mass is 28.3. The monoisotopic (exact) mass is 336 g/mol. The molecule has 1 nitrogen and oxygen atoms in total. The summed E-state index contributed by atoms with van der Waals surface area (Å²) in [6.07, 6.45) is 5.55. The van der Waals surface area contributed by atoms with Crippen molar-refractivity contribution in [2.75, 3.05) is 0 Å². The van der Waals surface area contributed by atoms with Crippen LogP contribution >= 0.6 is 0 Å². The third kappa shape index (κ3) is 3.39. The molecule has 0 amide bonds. The van der Waals surface area contributed by atoms with Gasteiger partial charge in [0.1, 0.15) is 13.9 Å². The van der Waals surface area contributed by atoms with Crippen LogP contribution in [0.3, 0.4) is 0 Å². The van der Waals surface area contributed by atoms with Crippen LogP contribution in [0.25, 0.3) is 0 Å². The van der Waals surface area contributed by atoms with Crippen molar-refractivity contribution in [3.05, 3.63) is 60.7 Å². The van der Waals surface area contributed by atoms with E-state index in [-0.39, 0.29) is 5.54 Å². The van der Waals surface area contributed by atoms with Crippen molar-refractivity contribution in [1.29, 1.82) is 0 Å². The lowest BCUT2D eigenvalue weighted by Gasteiger charge is -2.36. The van der Waals surface area contributed by atoms with Gasteiger partial charge in [-0.25, -0.2) is 0 Å². The molecule has 0 aliphatic heterocycles. The van der Waals surface area contributed by atoms with Gasteiger partial charge in [-0.05, 0) is 19.3 Å². The Kier molecular flexibility index (Phi) is 5.35. The standard InChI is InChI=1S/C22H28OSi/c1-3-4-15-21(22(23)18-16-17-18)24(2,19-11-7-5-8-12-19)20-13-9-6-10-14-20/h5-14,18,21H,3-4,15-17H2,1-2H3. The molecule has 126 valence electrons. The highest BCUT2D eigenvalue weighted by molar-refractivity contribution is 7.04. The Balaban J connectivity index is 2.09. The third-order valence-electron chi connectivity index (χ3n) is 5.61. The molecule has 24 heavy (non-hydrogen) atoms. The Hall–Kier alpha value is -1.67. The highest BCUT2D eigenvalue weighted by Crippen LogP contribution is 2.40. The van der Waals surface area contributed by atoms with Crippen LogP contribution in [-0.2, 0) is 4.79 Å². The van der Waals surface area contributed by atoms with E-state index in [0.29, 0.717) is 11.7 Å². The SMILES string of the molecule is CCCCC(C(=O)C1CC1)[Si](C)(c1ccccc1)c1ccccc1. The van der Waals surface area contributed by atoms with E-state index >= 15 is 0 Å². The molecule has 1 atom stereocenters. The minimum absolute atomic E-state index is 0.203. The number of hydrogen-bond acceptors (Lipinski definition) is 1. The molecular weight excluding hydrogens is 308 g/mol. The van der Waals surface area contributed by atoms with Crippen molar-refractivity contribution in [1.82, 2.24) is 0 Å². The van der Waals surface area contributed by atoms with Crippen molar-refractivity contribution in [3.63, 3.8) is 0 Å². The van der Waals surface area contributed by atoms with E-state index in [1.54, 1.807) is 0 Å². The predicted molar refractivity (Wildman–Crippen MR) is 105 cm³/mol. The summed E-state index contributed by atoms with van der Waals surface area (Å²) in [6.45, 7) is 4.64. The van der Waals surface area contributed by atoms with Crippen molar-refractivity contribution in [3.8, 4) is 0 Å². The summed E-state index contributed by atoms with van der Waals surface area (Å²) in [5.74, 6) is 0.886. The van der Waals surface area contributed by atoms with E-state index in [9.17, 15) is 4.79 Å². The zero-order valence-electron chi connectivity index (χ0n) is 14.9. The van der Waals surface area contributed by atoms with Crippen LogP contribution in [0.15, 0.2) is 60.7 Å². The Morgan fingerprint density at radius 2 is 1.50 bits per heavy atom. The van der Waals surface area contributed by atoms with Crippen molar-refractivity contribution >= 4 is 24.2 Å². The quantitative estimate of drug-likeness (QED) is 0.652. The van der Waals surface area contributed by atoms with Gasteiger partial charge in [0.2, 0.25) is 0 Å². The zero-order chi connectivity index (χ0) is 17.0. The molecule has 0 radical (unpaired) electrons. The van der Waals surface area contributed by atoms with Crippen LogP contribution in [0, 0.1) is 5.92 Å². The van der Waals surface area contributed by atoms with Crippen LogP contribution < -0.4 is 10.4 Å². The molecule has 1 unspecified atom stereocenters. The van der Waals surface area contributed by atoms with Crippen LogP contribution in [0.5, 0.6) is 0 Å². The summed E-state index contributed by atoms with van der Waals surface area (Å²) in [6, 6.07) is 21.7. The third-order valence-corrected chi connectivity index (χ3v) is 10.6. The average molecular weight is 337 g/mol. The smallest absolute Gasteiger partial charge is 0.137 e. The fourth-order valence-electron chi connectivity index (χ4n) is 3.91. The van der Waals surface area contributed by atoms with Crippen LogP contribution in [-0.4, -0.2) is 13.9 Å². The largest absolute Gasteiger partial charge is 0.299 e. The van der Waals surface area contributed by atoms with Crippen LogP contribution in [0.4, 0.5) is 0 Å². The van der Waals surface area contributed by atoms with Gasteiger partial charge in [-0.3, -0.25) is 4.79 Å². The van der Waals surface area contributed by atoms with Gasteiger partial charge in [0.05, 0.1) is 0 Å². The van der Waals surface area contributed by atoms with Gasteiger partial charge >= 0.3 is 0 Å². The summed E-state index contributed by atoms with van der Waals surface area (Å²) in [5, 5.41) is 2.79. The molecule has 2 aromatic rings. The fourth-order valence-corrected chi connectivity index (χ4v) is 8.41. The molecule has 0 bridgehead atoms. The normalized spacial score (nSPS) is 15.9. The molecular formula is C22H28OSi. The molecule has 0 N–H and O–H groups in total. The summed E-state index contributed by atoms with van der Waals surface area (Å²) >= 11 is 0. The van der Waals surface area contributed by atoms with Gasteiger partial charge in [-0.2, -0.15) is 0 Å². The predicted octanol–water partition coefficient (Wildman–Crippen LogP) is 4.42. The molecule has 0 spiro atoms. The number of benzene rings is 2. The van der Waals surface area contributed by atoms with Gasteiger partial charge in [0.15, 0.2) is 0 Å². The summed E-state index contributed by atoms with van der Waals surface area (Å²) in [5.41, 5.74) is 0.203. The molecule has 1 saturated carbocycles. The average Bonchev–Trinajstić information content (AvgIpc) is 3.48. The second-order valence-corrected chi connectivity index (χ2v) is 11.6. The Labute approximate surface area is 147 Å². The van der Waals surface area contributed by atoms with E-state index in [1.165, 1.54) is 10.4 Å². The summed E-state index contributed by atoms with van der Waals surface area (Å²) in [4.78, 5) is 13.2. The molecule has 3 rings (SSSR count). The lowest BCUT2D eigenvalue weighted by atomic mass is 10.1. The van der Waals surface area contributed by atoms with Crippen LogP contribution in [0.2, 0.25) is 12.1 Å². The number of rotatable bonds is 8. The van der Waals surface area contributed by atoms with E-state index in [1.807, 2.05) is 0 Å². The molecule has 1 aliphatic carbocycles. The Morgan fingerprint density at radius 1 is 1.00 bits per heavy atom. The first-order valence-electron chi connectivity index (χ1n) is 9.32. The molecule has 0 saturated heterocycles. The first-order chi connectivity index (χ1) is 11.7. The molecule has 0 heterocycles. The minimum Gasteiger partial charge on any atom is -0.299 e. The summed E-state index contributed by atoms with van der Waals surface area (Å²) < 4.78 is 0. The molecule has 0 aromatic heterocycles. The highest BCUT2D eigenvalue weighted by Gasteiger charge is 2.47. The Morgan fingerprint density at radius 3 is 1.92 bits per heavy atom. The van der Waals surface area contributed by atoms with Crippen molar-refractivity contribution < 1.29 is 4.79 Å². The molecule has 1 aliphatic rings. The zero-order valence-corrected chi connectivity index (χ0v) is 15.9. The van der Waals surface area contributed by atoms with Crippen molar-refractivity contribution in [2.24, 2.45) is 5.92 Å². The number of ketones is 1. The molecule has 2 aromatic carbocycles. The van der Waals surface area contributed by atoms with Gasteiger partial charge < -0.3 is 0 Å². The van der Waals surface area contributed by atoms with E-state index in [0.717, 1.165) is 32.1 Å². The number of carbonyl (C=O) groups excluding carboxylic acids is 1. The van der Waals surface area contributed by atoms with Gasteiger partial charge in [-0.1, -0.05) is 97.3 Å². The maximum atomic E-state index is 13.2. The number of carbonyl (C=O) groups is 1. The summed E-state index contributed by atoms with van der Waals surface area (Å²) in [7, 11) is -2.10. The second-order valence-electron chi connectivity index (χ2n) is 7.31. The van der Waals surface area contributed by atoms with E-state index in [2.05, 4.69) is 74.1 Å². The topological polar surface area (TPSA) is 17.1 Å². The number of Topliss-reactive ketones (excluding diaryl/α,β-unsaturated/α-hetero) is 1. The van der Waals surface area contributed by atoms with E-state index < -0.39 is 8.07 Å². The lowest BCUT2D eigenvalue weighted by molar-refractivity contribution is -0.120. The maximum absolute atomic E-state index is 13.2. The number of hydrogen-bond donors (Lipinski definition) is 0. The van der Waals surface area contributed by atoms with E-state index in [4.69, 9.17) is 0 Å². The first-order valence-corrected chi connectivity index (χ1v) is 11.9.